The molecular weight excluding hydrogens is 418 g/mol. The van der Waals surface area contributed by atoms with Crippen LogP contribution in [0.5, 0.6) is 0 Å². The Bertz CT molecular complexity index is 1070. The van der Waals surface area contributed by atoms with Crippen molar-refractivity contribution in [1.29, 1.82) is 0 Å². The van der Waals surface area contributed by atoms with E-state index in [0.717, 1.165) is 28.6 Å². The van der Waals surface area contributed by atoms with Crippen LogP contribution in [-0.4, -0.2) is 13.4 Å². The van der Waals surface area contributed by atoms with Crippen molar-refractivity contribution in [3.8, 4) is 10.6 Å². The minimum absolute atomic E-state index is 0.0608. The van der Waals surface area contributed by atoms with Crippen LogP contribution in [0.15, 0.2) is 47.4 Å². The molecule has 0 aliphatic carbocycles. The molecule has 0 atom stereocenters. The summed E-state index contributed by atoms with van der Waals surface area (Å²) < 4.78 is 40.5. The van der Waals surface area contributed by atoms with E-state index in [4.69, 9.17) is 23.2 Å². The van der Waals surface area contributed by atoms with Crippen LogP contribution in [0.3, 0.4) is 0 Å². The molecule has 0 aliphatic rings. The summed E-state index contributed by atoms with van der Waals surface area (Å²) in [7, 11) is -3.83. The van der Waals surface area contributed by atoms with Gasteiger partial charge in [0.2, 0.25) is 10.0 Å². The van der Waals surface area contributed by atoms with Gasteiger partial charge in [-0.1, -0.05) is 41.4 Å². The molecule has 136 valence electrons. The van der Waals surface area contributed by atoms with E-state index in [-0.39, 0.29) is 16.5 Å². The second kappa shape index (κ2) is 7.62. The molecule has 0 saturated carbocycles. The fourth-order valence-electron chi connectivity index (χ4n) is 2.23. The zero-order chi connectivity index (χ0) is 18.9. The van der Waals surface area contributed by atoms with E-state index in [1.807, 2.05) is 18.2 Å². The number of thiazole rings is 1. The SMILES string of the molecule is Cc1nc(-c2ccccc2Cl)sc1CNS(=O)(=O)c1ccc(F)c(Cl)c1. The zero-order valence-corrected chi connectivity index (χ0v) is 16.6. The van der Waals surface area contributed by atoms with Gasteiger partial charge >= 0.3 is 0 Å². The van der Waals surface area contributed by atoms with Gasteiger partial charge in [0.1, 0.15) is 10.8 Å². The number of halogens is 3. The van der Waals surface area contributed by atoms with Gasteiger partial charge in [0, 0.05) is 17.0 Å². The molecule has 0 saturated heterocycles. The lowest BCUT2D eigenvalue weighted by Gasteiger charge is -2.06. The zero-order valence-electron chi connectivity index (χ0n) is 13.5. The maximum atomic E-state index is 13.2. The molecule has 0 unspecified atom stereocenters. The summed E-state index contributed by atoms with van der Waals surface area (Å²) in [5, 5.41) is 1.05. The Morgan fingerprint density at radius 3 is 2.58 bits per heavy atom. The molecule has 1 aromatic heterocycles. The van der Waals surface area contributed by atoms with Gasteiger partial charge in [-0.3, -0.25) is 0 Å². The van der Waals surface area contributed by atoms with Crippen molar-refractivity contribution in [2.75, 3.05) is 0 Å². The Morgan fingerprint density at radius 2 is 1.88 bits per heavy atom. The van der Waals surface area contributed by atoms with Crippen molar-refractivity contribution >= 4 is 44.6 Å². The van der Waals surface area contributed by atoms with E-state index in [1.165, 1.54) is 11.3 Å². The Balaban J connectivity index is 1.81. The van der Waals surface area contributed by atoms with Crippen LogP contribution in [-0.2, 0) is 16.6 Å². The molecule has 3 aromatic rings. The van der Waals surface area contributed by atoms with Crippen molar-refractivity contribution in [1.82, 2.24) is 9.71 Å². The Labute approximate surface area is 164 Å². The maximum absolute atomic E-state index is 13.2. The summed E-state index contributed by atoms with van der Waals surface area (Å²) in [6.45, 7) is 1.86. The molecule has 0 aliphatic heterocycles. The van der Waals surface area contributed by atoms with Crippen LogP contribution in [0.1, 0.15) is 10.6 Å². The van der Waals surface area contributed by atoms with Gasteiger partial charge in [-0.05, 0) is 31.2 Å². The minimum Gasteiger partial charge on any atom is -0.241 e. The number of aromatic nitrogens is 1. The molecule has 0 bridgehead atoms. The Morgan fingerprint density at radius 1 is 1.15 bits per heavy atom. The van der Waals surface area contributed by atoms with E-state index in [2.05, 4.69) is 9.71 Å². The van der Waals surface area contributed by atoms with Gasteiger partial charge < -0.3 is 0 Å². The van der Waals surface area contributed by atoms with Crippen LogP contribution in [0.4, 0.5) is 4.39 Å². The fraction of sp³-hybridized carbons (Fsp3) is 0.118. The Kier molecular flexibility index (Phi) is 5.64. The lowest BCUT2D eigenvalue weighted by Crippen LogP contribution is -2.23. The van der Waals surface area contributed by atoms with E-state index in [0.29, 0.717) is 15.7 Å². The highest BCUT2D eigenvalue weighted by atomic mass is 35.5. The van der Waals surface area contributed by atoms with Crippen molar-refractivity contribution in [3.05, 3.63) is 68.9 Å². The van der Waals surface area contributed by atoms with E-state index >= 15 is 0 Å². The number of rotatable bonds is 5. The predicted molar refractivity (Wildman–Crippen MR) is 103 cm³/mol. The fourth-order valence-corrected chi connectivity index (χ4v) is 4.91. The van der Waals surface area contributed by atoms with Crippen LogP contribution < -0.4 is 4.72 Å². The molecule has 1 N–H and O–H groups in total. The molecule has 4 nitrogen and oxygen atoms in total. The first-order valence-corrected chi connectivity index (χ1v) is 10.5. The second-order valence-corrected chi connectivity index (χ2v) is 9.07. The average Bonchev–Trinajstić information content (AvgIpc) is 2.96. The van der Waals surface area contributed by atoms with Gasteiger partial charge in [-0.2, -0.15) is 0 Å². The van der Waals surface area contributed by atoms with Crippen molar-refractivity contribution < 1.29 is 12.8 Å². The lowest BCUT2D eigenvalue weighted by atomic mass is 10.2. The molecular formula is C17H13Cl2FN2O2S2. The number of nitrogens with zero attached hydrogens (tertiary/aromatic N) is 1. The van der Waals surface area contributed by atoms with Gasteiger partial charge in [0.25, 0.3) is 0 Å². The Hall–Kier alpha value is -1.51. The van der Waals surface area contributed by atoms with Crippen molar-refractivity contribution in [2.45, 2.75) is 18.4 Å². The largest absolute Gasteiger partial charge is 0.241 e. The van der Waals surface area contributed by atoms with Crippen molar-refractivity contribution in [2.24, 2.45) is 0 Å². The van der Waals surface area contributed by atoms with Crippen LogP contribution >= 0.6 is 34.5 Å². The highest BCUT2D eigenvalue weighted by Gasteiger charge is 2.18. The average molecular weight is 431 g/mol. The highest BCUT2D eigenvalue weighted by Crippen LogP contribution is 2.32. The third-order valence-electron chi connectivity index (χ3n) is 3.62. The molecule has 26 heavy (non-hydrogen) atoms. The molecule has 9 heteroatoms. The van der Waals surface area contributed by atoms with E-state index in [1.54, 1.807) is 13.0 Å². The molecule has 0 fully saturated rings. The normalized spacial score (nSPS) is 11.7. The molecule has 2 aromatic carbocycles. The van der Waals surface area contributed by atoms with E-state index in [9.17, 15) is 12.8 Å². The summed E-state index contributed by atoms with van der Waals surface area (Å²) in [5.74, 6) is -0.673. The third-order valence-corrected chi connectivity index (χ3v) is 6.83. The summed E-state index contributed by atoms with van der Waals surface area (Å²) in [5.41, 5.74) is 1.51. The number of hydrogen-bond donors (Lipinski definition) is 1. The maximum Gasteiger partial charge on any atom is 0.240 e. The second-order valence-electron chi connectivity index (χ2n) is 5.41. The molecule has 0 spiro atoms. The smallest absolute Gasteiger partial charge is 0.240 e. The minimum atomic E-state index is -3.83. The number of nitrogens with one attached hydrogen (secondary N) is 1. The molecule has 1 heterocycles. The van der Waals surface area contributed by atoms with Crippen LogP contribution in [0, 0.1) is 12.7 Å². The van der Waals surface area contributed by atoms with Gasteiger partial charge in [0.15, 0.2) is 0 Å². The van der Waals surface area contributed by atoms with Gasteiger partial charge in [-0.25, -0.2) is 22.5 Å². The summed E-state index contributed by atoms with van der Waals surface area (Å²) in [6, 6.07) is 10.6. The molecule has 3 rings (SSSR count). The number of aryl methyl sites for hydroxylation is 1. The first-order chi connectivity index (χ1) is 12.3. The highest BCUT2D eigenvalue weighted by molar-refractivity contribution is 7.89. The van der Waals surface area contributed by atoms with Gasteiger partial charge in [0.05, 0.1) is 20.6 Å². The number of hydrogen-bond acceptors (Lipinski definition) is 4. The van der Waals surface area contributed by atoms with E-state index < -0.39 is 15.8 Å². The standard InChI is InChI=1S/C17H13Cl2FN2O2S2/c1-10-16(25-17(22-10)12-4-2-3-5-13(12)18)9-21-26(23,24)11-6-7-15(20)14(19)8-11/h2-8,21H,9H2,1H3. The van der Waals surface area contributed by atoms with Crippen molar-refractivity contribution in [3.63, 3.8) is 0 Å². The lowest BCUT2D eigenvalue weighted by molar-refractivity contribution is 0.580. The summed E-state index contributed by atoms with van der Waals surface area (Å²) in [4.78, 5) is 5.13. The predicted octanol–water partition coefficient (Wildman–Crippen LogP) is 5.04. The first-order valence-electron chi connectivity index (χ1n) is 7.44. The van der Waals surface area contributed by atoms with Gasteiger partial charge in [-0.15, -0.1) is 11.3 Å². The topological polar surface area (TPSA) is 59.1 Å². The van der Waals surface area contributed by atoms with Crippen LogP contribution in [0.25, 0.3) is 10.6 Å². The number of sulfonamides is 1. The van der Waals surface area contributed by atoms with Crippen LogP contribution in [0.2, 0.25) is 10.0 Å². The molecule has 0 amide bonds. The molecule has 0 radical (unpaired) electrons. The first kappa shape index (κ1) is 19.3. The number of benzene rings is 2. The quantitative estimate of drug-likeness (QED) is 0.616. The summed E-state index contributed by atoms with van der Waals surface area (Å²) >= 11 is 13.2. The monoisotopic (exact) mass is 430 g/mol. The summed E-state index contributed by atoms with van der Waals surface area (Å²) in [6.07, 6.45) is 0. The third kappa shape index (κ3) is 4.07.